The molecule has 0 radical (unpaired) electrons. The Morgan fingerprint density at radius 1 is 1.18 bits per heavy atom. The van der Waals surface area contributed by atoms with Crippen LogP contribution in [0.3, 0.4) is 0 Å². The Morgan fingerprint density at radius 2 is 1.86 bits per heavy atom. The summed E-state index contributed by atoms with van der Waals surface area (Å²) >= 11 is 0. The lowest BCUT2D eigenvalue weighted by Gasteiger charge is -2.33. The number of hydrogen-bond donors (Lipinski definition) is 1. The summed E-state index contributed by atoms with van der Waals surface area (Å²) in [6, 6.07) is 7.32. The number of carbonyl (C=O) groups is 1. The average molecular weight is 305 g/mol. The highest BCUT2D eigenvalue weighted by molar-refractivity contribution is 5.96. The molecule has 1 amide bonds. The number of nitrogens with zero attached hydrogens (tertiary/aromatic N) is 2. The minimum absolute atomic E-state index is 0.0618. The zero-order valence-electron chi connectivity index (χ0n) is 13.7. The number of carbonyl (C=O) groups excluding carboxylic acids is 1. The Balaban J connectivity index is 1.67. The van der Waals surface area contributed by atoms with Crippen LogP contribution in [-0.4, -0.2) is 68.6 Å². The van der Waals surface area contributed by atoms with E-state index in [1.807, 2.05) is 18.2 Å². The van der Waals surface area contributed by atoms with Crippen molar-refractivity contribution in [3.63, 3.8) is 0 Å². The first kappa shape index (κ1) is 16.8. The molecule has 0 aliphatic carbocycles. The number of amides is 1. The highest BCUT2D eigenvalue weighted by Gasteiger charge is 2.15. The Labute approximate surface area is 133 Å². The number of likely N-dealkylation sites (N-methyl/N-ethyl adjacent to an activating group) is 1. The molecule has 0 unspecified atom stereocenters. The van der Waals surface area contributed by atoms with E-state index in [0.717, 1.165) is 45.7 Å². The predicted octanol–water partition coefficient (Wildman–Crippen LogP) is 1.45. The number of benzene rings is 1. The second-order valence-electron chi connectivity index (χ2n) is 5.59. The number of nitrogens with one attached hydrogen (secondary N) is 1. The standard InChI is InChI=1S/C17H27N3O2/c1-3-19-11-13-20(14-12-19)10-6-9-18-17(21)15-7-4-5-8-16(15)22-2/h4-5,7-8H,3,6,9-14H2,1-2H3,(H,18,21). The zero-order chi connectivity index (χ0) is 15.8. The maximum atomic E-state index is 12.1. The van der Waals surface area contributed by atoms with Gasteiger partial charge in [0.25, 0.3) is 5.91 Å². The molecular formula is C17H27N3O2. The Kier molecular flexibility index (Phi) is 6.68. The fourth-order valence-corrected chi connectivity index (χ4v) is 2.76. The number of para-hydroxylation sites is 1. The minimum Gasteiger partial charge on any atom is -0.496 e. The summed E-state index contributed by atoms with van der Waals surface area (Å²) in [6.07, 6.45) is 0.979. The van der Waals surface area contributed by atoms with E-state index < -0.39 is 0 Å². The highest BCUT2D eigenvalue weighted by Crippen LogP contribution is 2.16. The van der Waals surface area contributed by atoms with Gasteiger partial charge in [0.15, 0.2) is 0 Å². The number of piperazine rings is 1. The van der Waals surface area contributed by atoms with Gasteiger partial charge in [0.05, 0.1) is 12.7 Å². The molecule has 1 aliphatic heterocycles. The van der Waals surface area contributed by atoms with E-state index in [-0.39, 0.29) is 5.91 Å². The lowest BCUT2D eigenvalue weighted by Crippen LogP contribution is -2.46. The fourth-order valence-electron chi connectivity index (χ4n) is 2.76. The number of methoxy groups -OCH3 is 1. The highest BCUT2D eigenvalue weighted by atomic mass is 16.5. The van der Waals surface area contributed by atoms with Gasteiger partial charge >= 0.3 is 0 Å². The molecule has 1 heterocycles. The first-order chi connectivity index (χ1) is 10.7. The Bertz CT molecular complexity index is 471. The van der Waals surface area contributed by atoms with Crippen molar-refractivity contribution in [2.24, 2.45) is 0 Å². The van der Waals surface area contributed by atoms with Crippen molar-refractivity contribution in [2.75, 3.05) is 52.9 Å². The van der Waals surface area contributed by atoms with Gasteiger partial charge in [0.1, 0.15) is 5.75 Å². The van der Waals surface area contributed by atoms with E-state index in [1.165, 1.54) is 0 Å². The van der Waals surface area contributed by atoms with Gasteiger partial charge in [-0.25, -0.2) is 0 Å². The van der Waals surface area contributed by atoms with E-state index in [1.54, 1.807) is 13.2 Å². The SMILES string of the molecule is CCN1CCN(CCCNC(=O)c2ccccc2OC)CC1. The molecule has 1 aliphatic rings. The largest absolute Gasteiger partial charge is 0.496 e. The van der Waals surface area contributed by atoms with Crippen LogP contribution < -0.4 is 10.1 Å². The van der Waals surface area contributed by atoms with Crippen LogP contribution in [0.15, 0.2) is 24.3 Å². The first-order valence-electron chi connectivity index (χ1n) is 8.10. The number of ether oxygens (including phenoxy) is 1. The second-order valence-corrected chi connectivity index (χ2v) is 5.59. The van der Waals surface area contributed by atoms with E-state index in [0.29, 0.717) is 17.9 Å². The van der Waals surface area contributed by atoms with Crippen LogP contribution in [0.4, 0.5) is 0 Å². The average Bonchev–Trinajstić information content (AvgIpc) is 2.59. The first-order valence-corrected chi connectivity index (χ1v) is 8.10. The van der Waals surface area contributed by atoms with E-state index in [4.69, 9.17) is 4.74 Å². The lowest BCUT2D eigenvalue weighted by atomic mass is 10.2. The topological polar surface area (TPSA) is 44.8 Å². The number of hydrogen-bond acceptors (Lipinski definition) is 4. The van der Waals surface area contributed by atoms with Crippen LogP contribution in [0.2, 0.25) is 0 Å². The minimum atomic E-state index is -0.0618. The molecule has 1 N–H and O–H groups in total. The summed E-state index contributed by atoms with van der Waals surface area (Å²) in [5.41, 5.74) is 0.599. The molecule has 0 aromatic heterocycles. The molecule has 0 spiro atoms. The van der Waals surface area contributed by atoms with Gasteiger partial charge in [-0.05, 0) is 31.6 Å². The van der Waals surface area contributed by atoms with Gasteiger partial charge < -0.3 is 19.9 Å². The van der Waals surface area contributed by atoms with Crippen molar-refractivity contribution in [3.05, 3.63) is 29.8 Å². The third kappa shape index (κ3) is 4.71. The zero-order valence-corrected chi connectivity index (χ0v) is 13.7. The molecule has 22 heavy (non-hydrogen) atoms. The molecule has 1 aromatic carbocycles. The summed E-state index contributed by atoms with van der Waals surface area (Å²) in [7, 11) is 1.59. The maximum absolute atomic E-state index is 12.1. The Hall–Kier alpha value is -1.59. The van der Waals surface area contributed by atoms with Crippen LogP contribution in [-0.2, 0) is 0 Å². The summed E-state index contributed by atoms with van der Waals surface area (Å²) in [5.74, 6) is 0.559. The lowest BCUT2D eigenvalue weighted by molar-refractivity contribution is 0.0945. The molecule has 5 nitrogen and oxygen atoms in total. The van der Waals surface area contributed by atoms with Crippen LogP contribution in [0.25, 0.3) is 0 Å². The molecule has 0 saturated carbocycles. The summed E-state index contributed by atoms with van der Waals surface area (Å²) in [6.45, 7) is 9.68. The van der Waals surface area contributed by atoms with Gasteiger partial charge in [0, 0.05) is 32.7 Å². The molecule has 122 valence electrons. The third-order valence-electron chi connectivity index (χ3n) is 4.20. The molecular weight excluding hydrogens is 278 g/mol. The summed E-state index contributed by atoms with van der Waals surface area (Å²) in [5, 5.41) is 2.98. The normalized spacial score (nSPS) is 16.5. The van der Waals surface area contributed by atoms with Crippen molar-refractivity contribution in [1.82, 2.24) is 15.1 Å². The van der Waals surface area contributed by atoms with E-state index in [9.17, 15) is 4.79 Å². The van der Waals surface area contributed by atoms with Crippen molar-refractivity contribution >= 4 is 5.91 Å². The predicted molar refractivity (Wildman–Crippen MR) is 88.5 cm³/mol. The van der Waals surface area contributed by atoms with Crippen molar-refractivity contribution in [2.45, 2.75) is 13.3 Å². The molecule has 1 saturated heterocycles. The summed E-state index contributed by atoms with van der Waals surface area (Å²) < 4.78 is 5.21. The molecule has 0 atom stereocenters. The van der Waals surface area contributed by atoms with Crippen molar-refractivity contribution in [3.8, 4) is 5.75 Å². The van der Waals surface area contributed by atoms with Gasteiger partial charge in [-0.3, -0.25) is 4.79 Å². The summed E-state index contributed by atoms with van der Waals surface area (Å²) in [4.78, 5) is 17.1. The molecule has 5 heteroatoms. The van der Waals surface area contributed by atoms with Crippen LogP contribution >= 0.6 is 0 Å². The van der Waals surface area contributed by atoms with E-state index in [2.05, 4.69) is 22.0 Å². The smallest absolute Gasteiger partial charge is 0.255 e. The van der Waals surface area contributed by atoms with Gasteiger partial charge in [0.2, 0.25) is 0 Å². The molecule has 1 fully saturated rings. The van der Waals surface area contributed by atoms with Gasteiger partial charge in [-0.15, -0.1) is 0 Å². The number of rotatable bonds is 7. The second kappa shape index (κ2) is 8.76. The van der Waals surface area contributed by atoms with E-state index >= 15 is 0 Å². The molecule has 0 bridgehead atoms. The maximum Gasteiger partial charge on any atom is 0.255 e. The van der Waals surface area contributed by atoms with Gasteiger partial charge in [-0.2, -0.15) is 0 Å². The monoisotopic (exact) mass is 305 g/mol. The van der Waals surface area contributed by atoms with Crippen molar-refractivity contribution < 1.29 is 9.53 Å². The van der Waals surface area contributed by atoms with Gasteiger partial charge in [-0.1, -0.05) is 19.1 Å². The fraction of sp³-hybridized carbons (Fsp3) is 0.588. The van der Waals surface area contributed by atoms with Crippen LogP contribution in [0, 0.1) is 0 Å². The molecule has 2 rings (SSSR count). The van der Waals surface area contributed by atoms with Crippen LogP contribution in [0.5, 0.6) is 5.75 Å². The third-order valence-corrected chi connectivity index (χ3v) is 4.20. The molecule has 1 aromatic rings. The Morgan fingerprint density at radius 3 is 2.55 bits per heavy atom. The quantitative estimate of drug-likeness (QED) is 0.775. The van der Waals surface area contributed by atoms with Crippen LogP contribution in [0.1, 0.15) is 23.7 Å². The van der Waals surface area contributed by atoms with Crippen molar-refractivity contribution in [1.29, 1.82) is 0 Å².